The topological polar surface area (TPSA) is 26.1 Å². The van der Waals surface area contributed by atoms with Crippen LogP contribution in [0, 0.1) is 18.5 Å². The number of para-hydroxylation sites is 2. The van der Waals surface area contributed by atoms with Crippen molar-refractivity contribution in [3.63, 3.8) is 0 Å². The molecule has 5 heteroatoms. The average molecular weight is 709 g/mol. The molecule has 0 amide bonds. The van der Waals surface area contributed by atoms with E-state index in [4.69, 9.17) is 0 Å². The van der Waals surface area contributed by atoms with Crippen molar-refractivity contribution in [3.05, 3.63) is 134 Å². The molecule has 8 aromatic rings. The van der Waals surface area contributed by atoms with Gasteiger partial charge in [0.2, 0.25) is 6.33 Å². The van der Waals surface area contributed by atoms with Gasteiger partial charge in [-0.15, -0.1) is 59.5 Å². The third-order valence-electron chi connectivity index (χ3n) is 7.41. The van der Waals surface area contributed by atoms with Crippen molar-refractivity contribution in [1.29, 1.82) is 0 Å². The summed E-state index contributed by atoms with van der Waals surface area (Å²) in [6, 6.07) is 40.1. The first-order valence-electron chi connectivity index (χ1n) is 13.8. The second-order valence-corrected chi connectivity index (χ2v) is 9.96. The van der Waals surface area contributed by atoms with Gasteiger partial charge in [0, 0.05) is 35.0 Å². The standard InChI is InChI=1S/C25H20N3.C11H8N.Ir/c1-2-3-13-26-14-15-27(17-26)18-11-12-24-22(16-18)21-9-6-8-20-19-7-4-5-10-23(19)28(24)25(20)21;1-2-6-10(7-3-1)11-8-4-5-9-12-11;/h4-12,14-15H,2-3,13H2,1H3;1-6,8-9H;/q2*-1;+3. The van der Waals surface area contributed by atoms with Gasteiger partial charge in [-0.2, -0.15) is 0 Å². The number of rotatable bonds is 5. The van der Waals surface area contributed by atoms with E-state index in [1.807, 2.05) is 47.0 Å². The van der Waals surface area contributed by atoms with Crippen molar-refractivity contribution in [2.45, 2.75) is 26.3 Å². The maximum Gasteiger partial charge on any atom is 3.00 e. The van der Waals surface area contributed by atoms with Crippen LogP contribution in [0.4, 0.5) is 0 Å². The fourth-order valence-electron chi connectivity index (χ4n) is 5.49. The molecule has 0 aliphatic rings. The molecule has 0 atom stereocenters. The van der Waals surface area contributed by atoms with Crippen LogP contribution in [0.5, 0.6) is 0 Å². The van der Waals surface area contributed by atoms with Crippen molar-refractivity contribution in [1.82, 2.24) is 14.0 Å². The molecule has 0 fully saturated rings. The van der Waals surface area contributed by atoms with E-state index in [1.54, 1.807) is 6.20 Å². The van der Waals surface area contributed by atoms with Crippen molar-refractivity contribution in [3.8, 4) is 16.9 Å². The van der Waals surface area contributed by atoms with Crippen LogP contribution < -0.4 is 4.57 Å². The quantitative estimate of drug-likeness (QED) is 0.132. The summed E-state index contributed by atoms with van der Waals surface area (Å²) in [6.45, 7) is 3.22. The van der Waals surface area contributed by atoms with E-state index in [1.165, 1.54) is 50.9 Å². The summed E-state index contributed by atoms with van der Waals surface area (Å²) in [6.07, 6.45) is 11.7. The molecule has 41 heavy (non-hydrogen) atoms. The minimum absolute atomic E-state index is 0. The smallest absolute Gasteiger partial charge is 0.358 e. The van der Waals surface area contributed by atoms with Gasteiger partial charge in [-0.3, -0.25) is 0 Å². The predicted molar refractivity (Wildman–Crippen MR) is 162 cm³/mol. The summed E-state index contributed by atoms with van der Waals surface area (Å²) < 4.78 is 6.56. The van der Waals surface area contributed by atoms with Crippen LogP contribution in [0.1, 0.15) is 19.8 Å². The predicted octanol–water partition coefficient (Wildman–Crippen LogP) is 7.86. The number of unbranched alkanes of at least 4 members (excludes halogenated alkanes) is 1. The van der Waals surface area contributed by atoms with Crippen LogP contribution in [0.2, 0.25) is 0 Å². The Morgan fingerprint density at radius 2 is 1.63 bits per heavy atom. The number of fused-ring (bicyclic) bond motifs is 6. The Bertz CT molecular complexity index is 2000. The van der Waals surface area contributed by atoms with Gasteiger partial charge in [0.25, 0.3) is 0 Å². The minimum Gasteiger partial charge on any atom is -0.358 e. The SMILES string of the molecule is CCCC[n+]1[c-]n(-c2[c-]c3c4cccc5c6ccccc6n(c3cc2)c45)cc1.[Ir+3].[c-]1ccccc1-c1ccccn1. The van der Waals surface area contributed by atoms with E-state index in [0.717, 1.165) is 23.5 Å². The molecule has 0 saturated heterocycles. The number of pyridine rings is 1. The fourth-order valence-corrected chi connectivity index (χ4v) is 5.49. The van der Waals surface area contributed by atoms with Crippen LogP contribution in [-0.2, 0) is 26.7 Å². The van der Waals surface area contributed by atoms with E-state index >= 15 is 0 Å². The Kier molecular flexibility index (Phi) is 7.65. The number of hydrogen-bond acceptors (Lipinski definition) is 1. The van der Waals surface area contributed by atoms with Crippen molar-refractivity contribution in [2.24, 2.45) is 0 Å². The second-order valence-electron chi connectivity index (χ2n) is 9.96. The number of imidazole rings is 1. The van der Waals surface area contributed by atoms with E-state index < -0.39 is 0 Å². The molecule has 8 rings (SSSR count). The third kappa shape index (κ3) is 4.93. The van der Waals surface area contributed by atoms with Crippen LogP contribution in [0.25, 0.3) is 55.0 Å². The molecule has 0 bridgehead atoms. The third-order valence-corrected chi connectivity index (χ3v) is 7.41. The minimum atomic E-state index is 0. The number of aryl methyl sites for hydroxylation is 1. The Morgan fingerprint density at radius 3 is 2.46 bits per heavy atom. The number of aromatic nitrogens is 4. The summed E-state index contributed by atoms with van der Waals surface area (Å²) in [7, 11) is 0. The molecule has 0 saturated carbocycles. The van der Waals surface area contributed by atoms with Gasteiger partial charge in [-0.05, 0) is 40.8 Å². The molecule has 0 N–H and O–H groups in total. The molecule has 4 nitrogen and oxygen atoms in total. The van der Waals surface area contributed by atoms with E-state index in [-0.39, 0.29) is 20.1 Å². The van der Waals surface area contributed by atoms with Gasteiger partial charge >= 0.3 is 20.1 Å². The number of nitrogens with zero attached hydrogens (tertiary/aromatic N) is 4. The zero-order valence-electron chi connectivity index (χ0n) is 22.7. The largest absolute Gasteiger partial charge is 3.00 e. The van der Waals surface area contributed by atoms with Crippen molar-refractivity contribution >= 4 is 38.1 Å². The summed E-state index contributed by atoms with van der Waals surface area (Å²) in [5, 5.41) is 5.05. The zero-order valence-corrected chi connectivity index (χ0v) is 25.1. The number of benzene rings is 4. The van der Waals surface area contributed by atoms with Gasteiger partial charge in [0.05, 0.1) is 6.54 Å². The van der Waals surface area contributed by atoms with E-state index in [2.05, 4.69) is 106 Å². The molecule has 0 spiro atoms. The Labute approximate surface area is 253 Å². The Morgan fingerprint density at radius 1 is 0.805 bits per heavy atom. The summed E-state index contributed by atoms with van der Waals surface area (Å²) in [5.74, 6) is 0. The van der Waals surface area contributed by atoms with Crippen LogP contribution in [-0.4, -0.2) is 14.0 Å². The molecule has 0 unspecified atom stereocenters. The first-order valence-corrected chi connectivity index (χ1v) is 13.8. The molecule has 4 heterocycles. The van der Waals surface area contributed by atoms with E-state index in [9.17, 15) is 0 Å². The monoisotopic (exact) mass is 709 g/mol. The van der Waals surface area contributed by atoms with Gasteiger partial charge in [-0.25, -0.2) is 0 Å². The molecule has 0 aliphatic heterocycles. The van der Waals surface area contributed by atoms with Crippen LogP contribution in [0.3, 0.4) is 0 Å². The average Bonchev–Trinajstić information content (AvgIpc) is 3.73. The second kappa shape index (κ2) is 11.7. The van der Waals surface area contributed by atoms with Crippen molar-refractivity contribution in [2.75, 3.05) is 0 Å². The summed E-state index contributed by atoms with van der Waals surface area (Å²) >= 11 is 0. The molecular formula is C36H28IrN4+. The first-order chi connectivity index (χ1) is 19.8. The molecule has 0 aliphatic carbocycles. The van der Waals surface area contributed by atoms with E-state index in [0.29, 0.717) is 0 Å². The Balaban J connectivity index is 0.000000196. The maximum absolute atomic E-state index is 4.22. The van der Waals surface area contributed by atoms with Crippen LogP contribution >= 0.6 is 0 Å². The first kappa shape index (κ1) is 26.9. The zero-order chi connectivity index (χ0) is 26.9. The molecule has 0 radical (unpaired) electrons. The van der Waals surface area contributed by atoms with Gasteiger partial charge in [-0.1, -0.05) is 67.3 Å². The number of hydrogen-bond donors (Lipinski definition) is 0. The molecule has 4 aromatic carbocycles. The van der Waals surface area contributed by atoms with Gasteiger partial charge < -0.3 is 18.5 Å². The molecule has 4 aromatic heterocycles. The van der Waals surface area contributed by atoms with Crippen molar-refractivity contribution < 1.29 is 24.7 Å². The normalized spacial score (nSPS) is 11.1. The maximum atomic E-state index is 4.22. The van der Waals surface area contributed by atoms with Gasteiger partial charge in [0.15, 0.2) is 0 Å². The Hall–Kier alpha value is -4.31. The van der Waals surface area contributed by atoms with Crippen LogP contribution in [0.15, 0.2) is 116 Å². The molecule has 200 valence electrons. The summed E-state index contributed by atoms with van der Waals surface area (Å²) in [5.41, 5.74) is 6.80. The molecular weight excluding hydrogens is 681 g/mol. The fraction of sp³-hybridized carbons (Fsp3) is 0.111. The van der Waals surface area contributed by atoms with Gasteiger partial charge in [0.1, 0.15) is 0 Å². The summed E-state index contributed by atoms with van der Waals surface area (Å²) in [4.78, 5) is 4.22.